The van der Waals surface area contributed by atoms with Gasteiger partial charge in [0, 0.05) is 39.9 Å². The van der Waals surface area contributed by atoms with E-state index in [9.17, 15) is 29.1 Å². The summed E-state index contributed by atoms with van der Waals surface area (Å²) in [6.07, 6.45) is -8.06. The molecular formula is C25H38O14S. The number of ether oxygens (including phenoxy) is 8. The Morgan fingerprint density at radius 2 is 1.25 bits per heavy atom. The zero-order chi connectivity index (χ0) is 30.1. The SMILES string of the molecule is CC(=O)OCC1O[C@@H](S[C@@H]2C[C@@H](O)[C@@H](OC(C)C)OC2COC(C)=O)C(OC(C)=O)C(OC(C)=O)[C@@H]1OC(C)=O. The number of hydrogen-bond acceptors (Lipinski definition) is 15. The molecule has 0 radical (unpaired) electrons. The number of hydrogen-bond donors (Lipinski definition) is 1. The zero-order valence-corrected chi connectivity index (χ0v) is 24.4. The van der Waals surface area contributed by atoms with Crippen LogP contribution in [0.3, 0.4) is 0 Å². The first-order chi connectivity index (χ1) is 18.7. The van der Waals surface area contributed by atoms with E-state index in [4.69, 9.17) is 37.9 Å². The fourth-order valence-corrected chi connectivity index (χ4v) is 5.75. The number of aliphatic hydroxyl groups is 1. The van der Waals surface area contributed by atoms with E-state index >= 15 is 0 Å². The molecule has 0 aromatic heterocycles. The molecule has 0 aromatic rings. The molecule has 0 bridgehead atoms. The van der Waals surface area contributed by atoms with E-state index in [0.29, 0.717) is 0 Å². The van der Waals surface area contributed by atoms with Crippen LogP contribution < -0.4 is 0 Å². The summed E-state index contributed by atoms with van der Waals surface area (Å²) in [5.74, 6) is -3.42. The molecule has 2 fully saturated rings. The third-order valence-electron chi connectivity index (χ3n) is 5.63. The van der Waals surface area contributed by atoms with Gasteiger partial charge in [-0.1, -0.05) is 0 Å². The highest BCUT2D eigenvalue weighted by Gasteiger charge is 2.54. The van der Waals surface area contributed by atoms with E-state index in [0.717, 1.165) is 32.5 Å². The Hall–Kier alpha value is -2.46. The van der Waals surface area contributed by atoms with Crippen molar-refractivity contribution in [1.82, 2.24) is 0 Å². The van der Waals surface area contributed by atoms with Crippen LogP contribution in [-0.2, 0) is 61.9 Å². The van der Waals surface area contributed by atoms with Crippen LogP contribution in [0.25, 0.3) is 0 Å². The van der Waals surface area contributed by atoms with Gasteiger partial charge in [0.15, 0.2) is 24.6 Å². The molecule has 0 amide bonds. The molecule has 0 spiro atoms. The molecule has 2 aliphatic rings. The largest absolute Gasteiger partial charge is 0.463 e. The van der Waals surface area contributed by atoms with E-state index < -0.39 is 83.4 Å². The fraction of sp³-hybridized carbons (Fsp3) is 0.800. The van der Waals surface area contributed by atoms with E-state index in [2.05, 4.69) is 0 Å². The number of esters is 5. The van der Waals surface area contributed by atoms with Crippen LogP contribution in [0, 0.1) is 0 Å². The van der Waals surface area contributed by atoms with Crippen molar-refractivity contribution >= 4 is 41.6 Å². The van der Waals surface area contributed by atoms with E-state index in [1.54, 1.807) is 13.8 Å². The minimum absolute atomic E-state index is 0.0981. The van der Waals surface area contributed by atoms with Gasteiger partial charge < -0.3 is 43.0 Å². The lowest BCUT2D eigenvalue weighted by Gasteiger charge is -2.46. The summed E-state index contributed by atoms with van der Waals surface area (Å²) in [4.78, 5) is 59.2. The number of aliphatic hydroxyl groups excluding tert-OH is 1. The Labute approximate surface area is 236 Å². The van der Waals surface area contributed by atoms with Crippen molar-refractivity contribution in [2.75, 3.05) is 13.2 Å². The number of thioether (sulfide) groups is 1. The second-order valence-electron chi connectivity index (χ2n) is 9.58. The van der Waals surface area contributed by atoms with Crippen LogP contribution in [0.2, 0.25) is 0 Å². The molecule has 15 heteroatoms. The van der Waals surface area contributed by atoms with Crippen LogP contribution in [0.4, 0.5) is 0 Å². The average molecular weight is 595 g/mol. The lowest BCUT2D eigenvalue weighted by molar-refractivity contribution is -0.256. The molecule has 14 nitrogen and oxygen atoms in total. The van der Waals surface area contributed by atoms with Gasteiger partial charge in [0.05, 0.1) is 6.10 Å². The topological polar surface area (TPSA) is 179 Å². The Kier molecular flexibility index (Phi) is 13.1. The molecule has 2 rings (SSSR count). The van der Waals surface area contributed by atoms with Gasteiger partial charge in [0.2, 0.25) is 0 Å². The third kappa shape index (κ3) is 10.5. The predicted octanol–water partition coefficient (Wildman–Crippen LogP) is 0.635. The van der Waals surface area contributed by atoms with E-state index in [-0.39, 0.29) is 25.7 Å². The average Bonchev–Trinajstić information content (AvgIpc) is 2.81. The maximum atomic E-state index is 12.1. The Bertz CT molecular complexity index is 910. The molecule has 2 heterocycles. The maximum Gasteiger partial charge on any atom is 0.303 e. The van der Waals surface area contributed by atoms with Crippen molar-refractivity contribution < 1.29 is 67.0 Å². The quantitative estimate of drug-likeness (QED) is 0.260. The molecule has 9 atom stereocenters. The Balaban J connectivity index is 2.44. The summed E-state index contributed by atoms with van der Waals surface area (Å²) in [5, 5.41) is 10.1. The summed E-state index contributed by atoms with van der Waals surface area (Å²) < 4.78 is 44.4. The predicted molar refractivity (Wildman–Crippen MR) is 135 cm³/mol. The molecule has 4 unspecified atom stereocenters. The van der Waals surface area contributed by atoms with Crippen molar-refractivity contribution in [3.8, 4) is 0 Å². The van der Waals surface area contributed by atoms with Crippen LogP contribution in [0.1, 0.15) is 54.9 Å². The Morgan fingerprint density at radius 3 is 1.75 bits per heavy atom. The smallest absolute Gasteiger partial charge is 0.303 e. The van der Waals surface area contributed by atoms with Crippen molar-refractivity contribution in [2.45, 2.75) is 115 Å². The molecule has 1 N–H and O–H groups in total. The number of carbonyl (C=O) groups excluding carboxylic acids is 5. The molecular weight excluding hydrogens is 556 g/mol. The zero-order valence-electron chi connectivity index (χ0n) is 23.6. The summed E-state index contributed by atoms with van der Waals surface area (Å²) >= 11 is 1.06. The maximum absolute atomic E-state index is 12.1. The minimum Gasteiger partial charge on any atom is -0.463 e. The van der Waals surface area contributed by atoms with Gasteiger partial charge in [0.25, 0.3) is 0 Å². The first-order valence-electron chi connectivity index (χ1n) is 12.8. The van der Waals surface area contributed by atoms with Gasteiger partial charge in [-0.05, 0) is 20.3 Å². The van der Waals surface area contributed by atoms with Crippen molar-refractivity contribution in [2.24, 2.45) is 0 Å². The van der Waals surface area contributed by atoms with Gasteiger partial charge in [-0.15, -0.1) is 11.8 Å². The first-order valence-corrected chi connectivity index (χ1v) is 13.7. The van der Waals surface area contributed by atoms with E-state index in [1.807, 2.05) is 0 Å². The fourth-order valence-electron chi connectivity index (χ4n) is 4.20. The number of rotatable bonds is 11. The summed E-state index contributed by atoms with van der Waals surface area (Å²) in [7, 11) is 0. The lowest BCUT2D eigenvalue weighted by atomic mass is 9.99. The van der Waals surface area contributed by atoms with Crippen molar-refractivity contribution in [1.29, 1.82) is 0 Å². The molecule has 0 saturated carbocycles. The third-order valence-corrected chi connectivity index (χ3v) is 7.12. The molecule has 40 heavy (non-hydrogen) atoms. The molecule has 0 aromatic carbocycles. The summed E-state index contributed by atoms with van der Waals surface area (Å²) in [5.41, 5.74) is -1.09. The summed E-state index contributed by atoms with van der Waals surface area (Å²) in [6.45, 7) is 8.81. The highest BCUT2D eigenvalue weighted by molar-refractivity contribution is 8.00. The minimum atomic E-state index is -1.34. The van der Waals surface area contributed by atoms with Gasteiger partial charge in [-0.2, -0.15) is 0 Å². The van der Waals surface area contributed by atoms with Gasteiger partial charge >= 0.3 is 29.8 Å². The second-order valence-corrected chi connectivity index (χ2v) is 10.9. The van der Waals surface area contributed by atoms with Gasteiger partial charge in [0.1, 0.15) is 37.0 Å². The Morgan fingerprint density at radius 1 is 0.750 bits per heavy atom. The lowest BCUT2D eigenvalue weighted by Crippen LogP contribution is -2.62. The van der Waals surface area contributed by atoms with Gasteiger partial charge in [-0.25, -0.2) is 0 Å². The van der Waals surface area contributed by atoms with Crippen LogP contribution in [0.15, 0.2) is 0 Å². The molecule has 2 aliphatic heterocycles. The number of carbonyl (C=O) groups is 5. The molecule has 2 saturated heterocycles. The highest BCUT2D eigenvalue weighted by atomic mass is 32.2. The standard InChI is InChI=1S/C25H38O14S/c1-11(2)34-24-17(31)8-20(18(38-24)9-32-12(3)26)40-25-23(37-16(7)30)22(36-15(6)29)21(35-14(5)28)19(39-25)10-33-13(4)27/h11,17-25,31H,8-10H2,1-7H3/t17-,18?,19?,20-,21-,22?,23?,24+,25+/m1/s1. The van der Waals surface area contributed by atoms with Crippen molar-refractivity contribution in [3.63, 3.8) is 0 Å². The second kappa shape index (κ2) is 15.5. The van der Waals surface area contributed by atoms with Crippen molar-refractivity contribution in [3.05, 3.63) is 0 Å². The highest BCUT2D eigenvalue weighted by Crippen LogP contribution is 2.40. The molecule has 0 aliphatic carbocycles. The summed E-state index contributed by atoms with van der Waals surface area (Å²) in [6, 6.07) is 0. The normalized spacial score (nSPS) is 32.1. The van der Waals surface area contributed by atoms with Crippen LogP contribution in [0.5, 0.6) is 0 Å². The van der Waals surface area contributed by atoms with Crippen LogP contribution in [-0.4, -0.2) is 108 Å². The van der Waals surface area contributed by atoms with Crippen LogP contribution >= 0.6 is 11.8 Å². The van der Waals surface area contributed by atoms with E-state index in [1.165, 1.54) is 13.8 Å². The monoisotopic (exact) mass is 594 g/mol. The van der Waals surface area contributed by atoms with Gasteiger partial charge in [-0.3, -0.25) is 24.0 Å². The molecule has 228 valence electrons. The first kappa shape index (κ1) is 33.7.